The third-order valence-corrected chi connectivity index (χ3v) is 13.8. The third-order valence-electron chi connectivity index (χ3n) is 13.8. The van der Waals surface area contributed by atoms with Gasteiger partial charge in [-0.25, -0.2) is 4.79 Å². The number of ether oxygens (including phenoxy) is 5. The van der Waals surface area contributed by atoms with E-state index in [4.69, 9.17) is 33.7 Å². The molecule has 1 aliphatic heterocycles. The van der Waals surface area contributed by atoms with E-state index in [0.717, 1.165) is 66.9 Å². The molecule has 6 atom stereocenters. The van der Waals surface area contributed by atoms with Gasteiger partial charge < -0.3 is 43.8 Å². The Kier molecular flexibility index (Phi) is 21.3. The van der Waals surface area contributed by atoms with Crippen molar-refractivity contribution in [3.63, 3.8) is 0 Å². The number of allylic oxidation sites excluding steroid dienone is 1. The summed E-state index contributed by atoms with van der Waals surface area (Å²) in [5, 5.41) is 36.4. The Bertz CT molecular complexity index is 2040. The van der Waals surface area contributed by atoms with Crippen molar-refractivity contribution in [3.8, 4) is 17.2 Å². The van der Waals surface area contributed by atoms with Crippen LogP contribution in [0, 0.1) is 17.8 Å². The zero-order valence-electron chi connectivity index (χ0n) is 40.3. The van der Waals surface area contributed by atoms with Crippen LogP contribution in [-0.2, 0) is 19.0 Å². The fraction of sp³-hybridized carbons (Fsp3) is 0.600. The number of carbonyl (C=O) groups is 1. The second kappa shape index (κ2) is 27.5. The minimum absolute atomic E-state index is 0.0523. The molecule has 1 fully saturated rings. The number of unbranched alkanes of at least 4 members (excludes halogenated alkanes) is 11. The van der Waals surface area contributed by atoms with Crippen LogP contribution in [0.1, 0.15) is 128 Å². The van der Waals surface area contributed by atoms with Gasteiger partial charge in [0, 0.05) is 37.7 Å². The van der Waals surface area contributed by atoms with Crippen LogP contribution in [0.15, 0.2) is 90.1 Å². The fourth-order valence-corrected chi connectivity index (χ4v) is 10.7. The third kappa shape index (κ3) is 13.6. The average Bonchev–Trinajstić information content (AvgIpc) is 3.34. The molecule has 1 saturated carbocycles. The molecule has 368 valence electrons. The van der Waals surface area contributed by atoms with Crippen LogP contribution in [0.3, 0.4) is 0 Å². The van der Waals surface area contributed by atoms with E-state index in [1.165, 1.54) is 44.9 Å². The number of amides is 1. The summed E-state index contributed by atoms with van der Waals surface area (Å²) in [7, 11) is 1.54. The summed E-state index contributed by atoms with van der Waals surface area (Å²) in [6, 6.07) is 19.5. The van der Waals surface area contributed by atoms with Gasteiger partial charge in [-0.3, -0.25) is 4.90 Å². The van der Waals surface area contributed by atoms with E-state index in [1.807, 2.05) is 36.4 Å². The van der Waals surface area contributed by atoms with E-state index in [-0.39, 0.29) is 77.0 Å². The number of hydrogen-bond acceptors (Lipinski definition) is 11. The van der Waals surface area contributed by atoms with Gasteiger partial charge in [-0.05, 0) is 90.6 Å². The first kappa shape index (κ1) is 51.9. The van der Waals surface area contributed by atoms with E-state index in [2.05, 4.69) is 43.8 Å². The molecule has 6 unspecified atom stereocenters. The summed E-state index contributed by atoms with van der Waals surface area (Å²) in [4.78, 5) is 22.0. The summed E-state index contributed by atoms with van der Waals surface area (Å²) < 4.78 is 33.1. The Hall–Kier alpha value is -4.46. The van der Waals surface area contributed by atoms with Crippen molar-refractivity contribution >= 4 is 22.6 Å². The van der Waals surface area contributed by atoms with Crippen molar-refractivity contribution in [3.05, 3.63) is 90.5 Å². The lowest BCUT2D eigenvalue weighted by Gasteiger charge is -2.59. The Morgan fingerprint density at radius 2 is 1.52 bits per heavy atom. The van der Waals surface area contributed by atoms with Gasteiger partial charge in [-0.2, -0.15) is 0 Å². The van der Waals surface area contributed by atoms with Gasteiger partial charge in [0.15, 0.2) is 0 Å². The zero-order chi connectivity index (χ0) is 47.3. The number of benzene rings is 3. The molecule has 0 bridgehead atoms. The average molecular weight is 927 g/mol. The van der Waals surface area contributed by atoms with Gasteiger partial charge in [-0.1, -0.05) is 125 Å². The quantitative estimate of drug-likeness (QED) is 0.0323. The first-order valence-corrected chi connectivity index (χ1v) is 25.3. The van der Waals surface area contributed by atoms with E-state index in [0.29, 0.717) is 35.8 Å². The van der Waals surface area contributed by atoms with Gasteiger partial charge in [0.25, 0.3) is 0 Å². The fourth-order valence-electron chi connectivity index (χ4n) is 10.7. The summed E-state index contributed by atoms with van der Waals surface area (Å²) in [5.74, 6) is 0.00951. The topological polar surface area (TPSA) is 149 Å². The molecule has 1 amide bonds. The molecule has 0 radical (unpaired) electrons. The summed E-state index contributed by atoms with van der Waals surface area (Å²) >= 11 is 0. The molecule has 3 aliphatic rings. The lowest BCUT2D eigenvalue weighted by molar-refractivity contribution is -0.256. The molecule has 3 N–H and O–H groups in total. The molecule has 3 aromatic carbocycles. The lowest BCUT2D eigenvalue weighted by atomic mass is 9.55. The Balaban J connectivity index is 1.40. The lowest BCUT2D eigenvalue weighted by Crippen LogP contribution is -2.70. The number of aliphatic hydroxyl groups excluding tert-OH is 3. The number of aliphatic hydroxyl groups is 3. The molecule has 2 aliphatic carbocycles. The molecule has 67 heavy (non-hydrogen) atoms. The number of hydrogen-bond donors (Lipinski definition) is 3. The standard InChI is InChI=1S/C55H78N2O10/c1-4-6-7-8-9-10-11-12-13-20-34-64-54(61)57(29-35-63-36-32-60)51-40-49(56-62-3)47-38-43(23-16-18-30-58)46(24-17-19-31-59)52-48-39-45(66-44-26-25-41-21-14-15-22-42(41)37-44)27-28-50(48)67-55(51,53(47)52)65-33-5-2/h5,14-15,21-22,25-28,37-39,43,46,51-53,58-60H,2,4,6-13,16-20,23-24,29-36,40H2,1,3H3. The predicted molar refractivity (Wildman–Crippen MR) is 264 cm³/mol. The SMILES string of the molecule is C=CCOC12Oc3ccc(Oc4ccc5ccccc5c4)cc3C3C(CCCCO)C(CCCCO)C=C(C(=NOC)CC1N(CCOCCO)C(=O)OCCCCCCCCCCCC)C32. The molecule has 6 rings (SSSR count). The zero-order valence-corrected chi connectivity index (χ0v) is 40.3. The smallest absolute Gasteiger partial charge is 0.410 e. The van der Waals surface area contributed by atoms with Crippen molar-refractivity contribution < 1.29 is 48.6 Å². The number of rotatable bonds is 31. The van der Waals surface area contributed by atoms with E-state index in [9.17, 15) is 20.1 Å². The number of oxime groups is 1. The Labute approximate surface area is 399 Å². The van der Waals surface area contributed by atoms with Crippen molar-refractivity contribution in [1.29, 1.82) is 0 Å². The van der Waals surface area contributed by atoms with Crippen LogP contribution < -0.4 is 9.47 Å². The second-order valence-electron chi connectivity index (χ2n) is 18.4. The summed E-state index contributed by atoms with van der Waals surface area (Å²) in [5.41, 5.74) is 2.61. The van der Waals surface area contributed by atoms with Gasteiger partial charge in [-0.15, -0.1) is 6.58 Å². The first-order chi connectivity index (χ1) is 32.9. The number of carbonyl (C=O) groups excluding carboxylic acids is 1. The van der Waals surface area contributed by atoms with Crippen LogP contribution in [0.4, 0.5) is 4.79 Å². The minimum atomic E-state index is -1.44. The Morgan fingerprint density at radius 1 is 0.821 bits per heavy atom. The monoisotopic (exact) mass is 927 g/mol. The first-order valence-electron chi connectivity index (χ1n) is 25.3. The highest BCUT2D eigenvalue weighted by Gasteiger charge is 2.65. The maximum Gasteiger partial charge on any atom is 0.410 e. The number of nitrogens with zero attached hydrogens (tertiary/aromatic N) is 2. The van der Waals surface area contributed by atoms with Crippen molar-refractivity contribution in [2.24, 2.45) is 22.9 Å². The summed E-state index contributed by atoms with van der Waals surface area (Å²) in [6.45, 7) is 7.18. The molecule has 3 aromatic rings. The predicted octanol–water partition coefficient (Wildman–Crippen LogP) is 11.3. The highest BCUT2D eigenvalue weighted by atomic mass is 16.7. The maximum absolute atomic E-state index is 14.7. The van der Waals surface area contributed by atoms with Crippen molar-refractivity contribution in [1.82, 2.24) is 4.90 Å². The van der Waals surface area contributed by atoms with Gasteiger partial charge in [0.2, 0.25) is 5.79 Å². The molecule has 12 nitrogen and oxygen atoms in total. The van der Waals surface area contributed by atoms with Crippen LogP contribution >= 0.6 is 0 Å². The van der Waals surface area contributed by atoms with Crippen LogP contribution in [0.25, 0.3) is 10.8 Å². The second-order valence-corrected chi connectivity index (χ2v) is 18.4. The van der Waals surface area contributed by atoms with Crippen LogP contribution in [-0.4, -0.2) is 104 Å². The molecular weight excluding hydrogens is 849 g/mol. The molecule has 1 heterocycles. The maximum atomic E-state index is 14.7. The van der Waals surface area contributed by atoms with Gasteiger partial charge in [0.1, 0.15) is 30.4 Å². The highest BCUT2D eigenvalue weighted by molar-refractivity contribution is 6.03. The van der Waals surface area contributed by atoms with E-state index >= 15 is 0 Å². The van der Waals surface area contributed by atoms with Crippen molar-refractivity contribution in [2.45, 2.75) is 134 Å². The van der Waals surface area contributed by atoms with Crippen LogP contribution in [0.5, 0.6) is 17.2 Å². The number of fused-ring (bicyclic) bond motifs is 3. The largest absolute Gasteiger partial charge is 0.459 e. The van der Waals surface area contributed by atoms with Gasteiger partial charge >= 0.3 is 6.09 Å². The van der Waals surface area contributed by atoms with Crippen LogP contribution in [0.2, 0.25) is 0 Å². The molecule has 0 saturated heterocycles. The molecule has 0 spiro atoms. The van der Waals surface area contributed by atoms with E-state index < -0.39 is 23.8 Å². The molecule has 0 aromatic heterocycles. The highest BCUT2D eigenvalue weighted by Crippen LogP contribution is 2.62. The molecule has 12 heteroatoms. The normalized spacial score (nSPS) is 22.4. The summed E-state index contributed by atoms with van der Waals surface area (Å²) in [6.07, 6.45) is 20.1. The minimum Gasteiger partial charge on any atom is -0.459 e. The molecular formula is C55H78N2O10. The van der Waals surface area contributed by atoms with E-state index in [1.54, 1.807) is 18.1 Å². The Morgan fingerprint density at radius 3 is 2.24 bits per heavy atom. The van der Waals surface area contributed by atoms with Crippen molar-refractivity contribution in [2.75, 3.05) is 59.9 Å². The van der Waals surface area contributed by atoms with Gasteiger partial charge in [0.05, 0.1) is 44.7 Å².